The molecule has 0 aliphatic rings. The molecular formula is C2H2F2S. The lowest BCUT2D eigenvalue weighted by molar-refractivity contribution is 0.424. The van der Waals surface area contributed by atoms with Gasteiger partial charge in [-0.15, -0.1) is 12.6 Å². The molecule has 0 unspecified atom stereocenters. The Hall–Kier alpha value is -0.0500. The number of hydrogen-bond donors (Lipinski definition) is 1. The van der Waals surface area contributed by atoms with Crippen LogP contribution < -0.4 is 0 Å². The molecule has 0 aliphatic heterocycles. The number of hydrogen-bond acceptors (Lipinski definition) is 1. The summed E-state index contributed by atoms with van der Waals surface area (Å²) in [4.78, 5) is 0. The minimum atomic E-state index is -1.76. The Kier molecular flexibility index (Phi) is 2.18. The van der Waals surface area contributed by atoms with Crippen LogP contribution in [0.2, 0.25) is 0 Å². The van der Waals surface area contributed by atoms with Gasteiger partial charge in [-0.25, -0.2) is 0 Å². The fraction of sp³-hybridized carbons (Fsp3) is 0. The molecule has 0 spiro atoms. The molecular weight excluding hydrogens is 94.1 g/mol. The normalized spacial score (nSPS) is 7.00. The van der Waals surface area contributed by atoms with E-state index in [1.165, 1.54) is 0 Å². The van der Waals surface area contributed by atoms with Crippen LogP contribution in [-0.4, -0.2) is 0 Å². The molecule has 0 fully saturated rings. The average molecular weight is 96.1 g/mol. The van der Waals surface area contributed by atoms with Crippen molar-refractivity contribution in [2.24, 2.45) is 0 Å². The van der Waals surface area contributed by atoms with Crippen molar-refractivity contribution in [3.8, 4) is 0 Å². The Balaban J connectivity index is 3.14. The predicted molar refractivity (Wildman–Crippen MR) is 19.3 cm³/mol. The molecule has 0 atom stereocenters. The fourth-order valence-corrected chi connectivity index (χ4v) is 0. The molecule has 5 heavy (non-hydrogen) atoms. The van der Waals surface area contributed by atoms with Crippen LogP contribution in [0.5, 0.6) is 0 Å². The average Bonchev–Trinajstić information content (AvgIpc) is 1.38. The van der Waals surface area contributed by atoms with Gasteiger partial charge in [-0.05, 0) is 0 Å². The van der Waals surface area contributed by atoms with Gasteiger partial charge in [0.25, 0.3) is 6.08 Å². The maximum absolute atomic E-state index is 10.5. The van der Waals surface area contributed by atoms with E-state index in [4.69, 9.17) is 0 Å². The van der Waals surface area contributed by atoms with Crippen LogP contribution in [0.25, 0.3) is 0 Å². The number of halogens is 2. The molecule has 0 saturated heterocycles. The molecule has 30 valence electrons. The highest BCUT2D eigenvalue weighted by Gasteiger charge is 1.74. The van der Waals surface area contributed by atoms with E-state index in [2.05, 4.69) is 12.6 Å². The second-order valence-electron chi connectivity index (χ2n) is 0.419. The zero-order valence-corrected chi connectivity index (χ0v) is 3.17. The van der Waals surface area contributed by atoms with Crippen molar-refractivity contribution in [3.05, 3.63) is 11.5 Å². The monoisotopic (exact) mass is 96.0 g/mol. The smallest absolute Gasteiger partial charge is 0.173 e. The second kappa shape index (κ2) is 2.20. The molecule has 0 saturated carbocycles. The lowest BCUT2D eigenvalue weighted by Crippen LogP contribution is -1.40. The third-order valence-corrected chi connectivity index (χ3v) is 0.293. The topological polar surface area (TPSA) is 0 Å². The van der Waals surface area contributed by atoms with E-state index in [-0.39, 0.29) is 0 Å². The largest absolute Gasteiger partial charge is 0.276 e. The van der Waals surface area contributed by atoms with Crippen LogP contribution in [0, 0.1) is 0 Å². The summed E-state index contributed by atoms with van der Waals surface area (Å²) in [5.74, 6) is 0. The van der Waals surface area contributed by atoms with E-state index < -0.39 is 6.08 Å². The molecule has 0 aliphatic carbocycles. The minimum absolute atomic E-state index is 0.444. The van der Waals surface area contributed by atoms with Gasteiger partial charge < -0.3 is 0 Å². The molecule has 0 radical (unpaired) electrons. The van der Waals surface area contributed by atoms with Gasteiger partial charge in [-0.1, -0.05) is 0 Å². The Morgan fingerprint density at radius 1 is 1.60 bits per heavy atom. The van der Waals surface area contributed by atoms with Gasteiger partial charge in [0, 0.05) is 5.41 Å². The Bertz CT molecular complexity index is 45.6. The predicted octanol–water partition coefficient (Wildman–Crippen LogP) is 1.65. The van der Waals surface area contributed by atoms with Crippen molar-refractivity contribution in [2.75, 3.05) is 0 Å². The molecule has 3 heteroatoms. The first kappa shape index (κ1) is 4.95. The summed E-state index contributed by atoms with van der Waals surface area (Å²) >= 11 is 3.10. The Morgan fingerprint density at radius 3 is 1.80 bits per heavy atom. The van der Waals surface area contributed by atoms with E-state index in [9.17, 15) is 8.78 Å². The summed E-state index contributed by atoms with van der Waals surface area (Å²) in [7, 11) is 0. The molecule has 0 aromatic heterocycles. The van der Waals surface area contributed by atoms with Gasteiger partial charge in [-0.3, -0.25) is 0 Å². The van der Waals surface area contributed by atoms with E-state index in [0.717, 1.165) is 0 Å². The highest BCUT2D eigenvalue weighted by Crippen LogP contribution is 1.95. The van der Waals surface area contributed by atoms with E-state index >= 15 is 0 Å². The summed E-state index contributed by atoms with van der Waals surface area (Å²) < 4.78 is 21.1. The first-order valence-corrected chi connectivity index (χ1v) is 1.44. The minimum Gasteiger partial charge on any atom is -0.173 e. The lowest BCUT2D eigenvalue weighted by Gasteiger charge is -1.62. The zero-order valence-electron chi connectivity index (χ0n) is 2.28. The van der Waals surface area contributed by atoms with Crippen molar-refractivity contribution in [1.82, 2.24) is 0 Å². The number of thiol groups is 1. The summed E-state index contributed by atoms with van der Waals surface area (Å²) in [6, 6.07) is 0. The van der Waals surface area contributed by atoms with Gasteiger partial charge in [0.1, 0.15) is 0 Å². The van der Waals surface area contributed by atoms with Crippen molar-refractivity contribution in [1.29, 1.82) is 0 Å². The van der Waals surface area contributed by atoms with Crippen LogP contribution in [0.3, 0.4) is 0 Å². The maximum atomic E-state index is 10.5. The molecule has 0 bridgehead atoms. The first-order valence-electron chi connectivity index (χ1n) is 0.925. The summed E-state index contributed by atoms with van der Waals surface area (Å²) in [6.45, 7) is 0. The van der Waals surface area contributed by atoms with Crippen molar-refractivity contribution in [3.63, 3.8) is 0 Å². The molecule has 0 heterocycles. The SMILES string of the molecule is FC(F)=CS. The van der Waals surface area contributed by atoms with Crippen LogP contribution in [0.1, 0.15) is 0 Å². The highest BCUT2D eigenvalue weighted by atomic mass is 32.1. The van der Waals surface area contributed by atoms with Gasteiger partial charge in [0.2, 0.25) is 0 Å². The zero-order chi connectivity index (χ0) is 4.28. The third-order valence-electron chi connectivity index (χ3n) is 0.0976. The molecule has 0 nitrogen and oxygen atoms in total. The quantitative estimate of drug-likeness (QED) is 0.435. The van der Waals surface area contributed by atoms with Gasteiger partial charge >= 0.3 is 0 Å². The standard InChI is InChI=1S/C2H2F2S/c3-2(4)1-5/h1,5H. The van der Waals surface area contributed by atoms with Crippen molar-refractivity contribution in [2.45, 2.75) is 0 Å². The van der Waals surface area contributed by atoms with Gasteiger partial charge in [0.15, 0.2) is 0 Å². The van der Waals surface area contributed by atoms with E-state index in [0.29, 0.717) is 5.41 Å². The van der Waals surface area contributed by atoms with Crippen LogP contribution >= 0.6 is 12.6 Å². The van der Waals surface area contributed by atoms with Crippen molar-refractivity contribution < 1.29 is 8.78 Å². The number of rotatable bonds is 0. The fourth-order valence-electron chi connectivity index (χ4n) is 0. The first-order chi connectivity index (χ1) is 2.27. The van der Waals surface area contributed by atoms with Crippen LogP contribution in [0.15, 0.2) is 11.5 Å². The van der Waals surface area contributed by atoms with Gasteiger partial charge in [0.05, 0.1) is 0 Å². The highest BCUT2D eigenvalue weighted by molar-refractivity contribution is 7.83. The maximum Gasteiger partial charge on any atom is 0.276 e. The van der Waals surface area contributed by atoms with Crippen molar-refractivity contribution >= 4 is 12.6 Å². The van der Waals surface area contributed by atoms with Gasteiger partial charge in [-0.2, -0.15) is 8.78 Å². The summed E-state index contributed by atoms with van der Waals surface area (Å²) in [5.41, 5.74) is 0. The van der Waals surface area contributed by atoms with E-state index in [1.54, 1.807) is 0 Å². The Labute approximate surface area is 33.9 Å². The molecule has 0 amide bonds. The summed E-state index contributed by atoms with van der Waals surface area (Å²) in [6.07, 6.45) is -1.76. The lowest BCUT2D eigenvalue weighted by atomic mass is 11.1. The molecule has 0 aromatic rings. The van der Waals surface area contributed by atoms with E-state index in [1.807, 2.05) is 0 Å². The van der Waals surface area contributed by atoms with Crippen LogP contribution in [-0.2, 0) is 0 Å². The third kappa shape index (κ3) is 3.95. The van der Waals surface area contributed by atoms with Crippen LogP contribution in [0.4, 0.5) is 8.78 Å². The second-order valence-corrected chi connectivity index (χ2v) is 0.677. The molecule has 0 aromatic carbocycles. The Morgan fingerprint density at radius 2 is 1.80 bits per heavy atom. The molecule has 0 N–H and O–H groups in total. The summed E-state index contributed by atoms with van der Waals surface area (Å²) in [5, 5.41) is 0.444. The molecule has 0 rings (SSSR count).